The summed E-state index contributed by atoms with van der Waals surface area (Å²) >= 11 is 1.49. The summed E-state index contributed by atoms with van der Waals surface area (Å²) in [4.78, 5) is 6.04. The molecule has 2 aromatic rings. The number of aryl methyl sites for hydroxylation is 1. The van der Waals surface area contributed by atoms with Crippen LogP contribution in [-0.4, -0.2) is 53.7 Å². The van der Waals surface area contributed by atoms with Crippen molar-refractivity contribution in [3.8, 4) is 0 Å². The molecule has 7 nitrogen and oxygen atoms in total. The molecule has 1 saturated heterocycles. The van der Waals surface area contributed by atoms with Crippen molar-refractivity contribution in [2.75, 3.05) is 31.1 Å². The molecule has 1 fully saturated rings. The lowest BCUT2D eigenvalue weighted by Crippen LogP contribution is -2.48. The molecule has 2 aromatic heterocycles. The predicted octanol–water partition coefficient (Wildman–Crippen LogP) is 1.55. The second-order valence-corrected chi connectivity index (χ2v) is 7.82. The molecule has 0 bridgehead atoms. The zero-order valence-electron chi connectivity index (χ0n) is 12.3. The molecule has 0 amide bonds. The van der Waals surface area contributed by atoms with Gasteiger partial charge in [0.05, 0.1) is 11.9 Å². The number of hydrogen-bond donors (Lipinski definition) is 0. The molecule has 0 aromatic carbocycles. The summed E-state index contributed by atoms with van der Waals surface area (Å²) < 4.78 is 52.3. The smallest absolute Gasteiger partial charge is 0.333 e. The Kier molecular flexibility index (Phi) is 4.34. The molecule has 11 heteroatoms. The van der Waals surface area contributed by atoms with E-state index in [4.69, 9.17) is 0 Å². The van der Waals surface area contributed by atoms with Crippen LogP contribution < -0.4 is 4.90 Å². The number of anilines is 1. The summed E-state index contributed by atoms with van der Waals surface area (Å²) in [5, 5.41) is 6.28. The quantitative estimate of drug-likeness (QED) is 0.824. The van der Waals surface area contributed by atoms with Crippen molar-refractivity contribution >= 4 is 26.5 Å². The van der Waals surface area contributed by atoms with Gasteiger partial charge in [0.1, 0.15) is 4.90 Å². The van der Waals surface area contributed by atoms with Gasteiger partial charge in [0.2, 0.25) is 10.0 Å². The summed E-state index contributed by atoms with van der Waals surface area (Å²) in [6, 6.07) is 0. The molecule has 0 atom stereocenters. The summed E-state index contributed by atoms with van der Waals surface area (Å²) in [5.74, 6) is 0. The van der Waals surface area contributed by atoms with Crippen LogP contribution in [0.2, 0.25) is 0 Å². The number of rotatable bonds is 4. The second-order valence-electron chi connectivity index (χ2n) is 5.04. The maximum atomic E-state index is 12.7. The van der Waals surface area contributed by atoms with Crippen LogP contribution in [0.25, 0.3) is 0 Å². The van der Waals surface area contributed by atoms with E-state index in [1.54, 1.807) is 6.20 Å². The lowest BCUT2D eigenvalue weighted by atomic mass is 10.4. The van der Waals surface area contributed by atoms with Gasteiger partial charge in [0.25, 0.3) is 0 Å². The number of halogens is 2. The Labute approximate surface area is 136 Å². The van der Waals surface area contributed by atoms with Gasteiger partial charge in [-0.3, -0.25) is 0 Å². The molecule has 0 spiro atoms. The van der Waals surface area contributed by atoms with E-state index in [0.717, 1.165) is 11.3 Å². The number of nitrogens with zero attached hydrogens (tertiary/aromatic N) is 5. The van der Waals surface area contributed by atoms with Gasteiger partial charge in [-0.05, 0) is 6.92 Å². The monoisotopic (exact) mass is 363 g/mol. The Morgan fingerprint density at radius 2 is 1.96 bits per heavy atom. The molecule has 0 N–H and O–H groups in total. The Bertz CT molecular complexity index is 767. The van der Waals surface area contributed by atoms with Crippen LogP contribution in [0.3, 0.4) is 0 Å². The van der Waals surface area contributed by atoms with E-state index in [1.807, 2.05) is 10.3 Å². The highest BCUT2D eigenvalue weighted by atomic mass is 32.2. The molecule has 0 radical (unpaired) electrons. The minimum Gasteiger partial charge on any atom is -0.345 e. The number of hydrogen-bond acceptors (Lipinski definition) is 6. The SMILES string of the molecule is Cc1nn(C(F)F)cc1S(=O)(=O)N1CCN(c2nccs2)CC1. The molecule has 126 valence electrons. The van der Waals surface area contributed by atoms with E-state index in [0.29, 0.717) is 17.8 Å². The highest BCUT2D eigenvalue weighted by Crippen LogP contribution is 2.25. The third-order valence-corrected chi connectivity index (χ3v) is 6.45. The fraction of sp³-hybridized carbons (Fsp3) is 0.500. The van der Waals surface area contributed by atoms with E-state index in [-0.39, 0.29) is 23.7 Å². The first-order chi connectivity index (χ1) is 10.9. The zero-order valence-corrected chi connectivity index (χ0v) is 13.9. The Balaban J connectivity index is 1.77. The highest BCUT2D eigenvalue weighted by Gasteiger charge is 2.32. The molecule has 23 heavy (non-hydrogen) atoms. The van der Waals surface area contributed by atoms with Crippen LogP contribution in [0.1, 0.15) is 12.2 Å². The summed E-state index contributed by atoms with van der Waals surface area (Å²) in [7, 11) is -3.82. The van der Waals surface area contributed by atoms with Crippen molar-refractivity contribution in [3.05, 3.63) is 23.5 Å². The number of thiazole rings is 1. The lowest BCUT2D eigenvalue weighted by molar-refractivity contribution is 0.0561. The normalized spacial score (nSPS) is 17.1. The van der Waals surface area contributed by atoms with Gasteiger partial charge in [-0.1, -0.05) is 0 Å². The van der Waals surface area contributed by atoms with Crippen molar-refractivity contribution in [2.24, 2.45) is 0 Å². The minimum atomic E-state index is -3.82. The molecule has 0 unspecified atom stereocenters. The Hall–Kier alpha value is -1.59. The van der Waals surface area contributed by atoms with E-state index >= 15 is 0 Å². The van der Waals surface area contributed by atoms with Crippen LogP contribution in [-0.2, 0) is 10.0 Å². The first kappa shape index (κ1) is 16.3. The topological polar surface area (TPSA) is 71.3 Å². The first-order valence-electron chi connectivity index (χ1n) is 6.88. The number of aromatic nitrogens is 3. The van der Waals surface area contributed by atoms with Crippen molar-refractivity contribution < 1.29 is 17.2 Å². The van der Waals surface area contributed by atoms with E-state index < -0.39 is 16.6 Å². The van der Waals surface area contributed by atoms with Gasteiger partial charge < -0.3 is 4.90 Å². The fourth-order valence-corrected chi connectivity index (χ4v) is 4.72. The van der Waals surface area contributed by atoms with Crippen molar-refractivity contribution in [1.82, 2.24) is 19.1 Å². The van der Waals surface area contributed by atoms with Crippen LogP contribution in [0.15, 0.2) is 22.7 Å². The maximum absolute atomic E-state index is 12.7. The number of alkyl halides is 2. The van der Waals surface area contributed by atoms with Crippen LogP contribution in [0.5, 0.6) is 0 Å². The summed E-state index contributed by atoms with van der Waals surface area (Å²) in [6.07, 6.45) is 2.59. The van der Waals surface area contributed by atoms with Crippen LogP contribution in [0, 0.1) is 6.92 Å². The third-order valence-electron chi connectivity index (χ3n) is 3.62. The van der Waals surface area contributed by atoms with Crippen molar-refractivity contribution in [3.63, 3.8) is 0 Å². The van der Waals surface area contributed by atoms with Gasteiger partial charge in [0, 0.05) is 37.8 Å². The first-order valence-corrected chi connectivity index (χ1v) is 9.20. The number of piperazine rings is 1. The van der Waals surface area contributed by atoms with Crippen LogP contribution in [0.4, 0.5) is 13.9 Å². The second kappa shape index (κ2) is 6.13. The molecular weight excluding hydrogens is 348 g/mol. The largest absolute Gasteiger partial charge is 0.345 e. The van der Waals surface area contributed by atoms with Gasteiger partial charge in [-0.25, -0.2) is 18.1 Å². The summed E-state index contributed by atoms with van der Waals surface area (Å²) in [6.45, 7) is 0.128. The van der Waals surface area contributed by atoms with E-state index in [2.05, 4.69) is 10.1 Å². The Morgan fingerprint density at radius 1 is 1.26 bits per heavy atom. The molecule has 0 aliphatic carbocycles. The van der Waals surface area contributed by atoms with Crippen LogP contribution >= 0.6 is 11.3 Å². The molecule has 3 heterocycles. The zero-order chi connectivity index (χ0) is 16.6. The molecular formula is C12H15F2N5O2S2. The molecule has 1 aliphatic rings. The summed E-state index contributed by atoms with van der Waals surface area (Å²) in [5.41, 5.74) is 0.0765. The average molecular weight is 363 g/mol. The van der Waals surface area contributed by atoms with Gasteiger partial charge in [0.15, 0.2) is 5.13 Å². The molecule has 0 saturated carbocycles. The Morgan fingerprint density at radius 3 is 2.48 bits per heavy atom. The van der Waals surface area contributed by atoms with Gasteiger partial charge in [-0.15, -0.1) is 11.3 Å². The predicted molar refractivity (Wildman–Crippen MR) is 81.3 cm³/mol. The molecule has 3 rings (SSSR count). The van der Waals surface area contributed by atoms with Gasteiger partial charge in [-0.2, -0.15) is 18.2 Å². The van der Waals surface area contributed by atoms with E-state index in [9.17, 15) is 17.2 Å². The lowest BCUT2D eigenvalue weighted by Gasteiger charge is -2.33. The third kappa shape index (κ3) is 3.08. The standard InChI is InChI=1S/C12H15F2N5O2S2/c1-9-10(8-19(16-9)11(13)14)23(20,21)18-5-3-17(4-6-18)12-15-2-7-22-12/h2,7-8,11H,3-6H2,1H3. The fourth-order valence-electron chi connectivity index (χ4n) is 2.45. The van der Waals surface area contributed by atoms with E-state index in [1.165, 1.54) is 22.6 Å². The average Bonchev–Trinajstić information content (AvgIpc) is 3.17. The molecule has 1 aliphatic heterocycles. The van der Waals surface area contributed by atoms with Gasteiger partial charge >= 0.3 is 6.55 Å². The van der Waals surface area contributed by atoms with Crippen molar-refractivity contribution in [2.45, 2.75) is 18.4 Å². The minimum absolute atomic E-state index is 0.0765. The number of sulfonamides is 1. The van der Waals surface area contributed by atoms with Crippen molar-refractivity contribution in [1.29, 1.82) is 0 Å². The highest BCUT2D eigenvalue weighted by molar-refractivity contribution is 7.89. The maximum Gasteiger partial charge on any atom is 0.333 e.